The van der Waals surface area contributed by atoms with Crippen molar-refractivity contribution in [1.29, 1.82) is 0 Å². The predicted octanol–water partition coefficient (Wildman–Crippen LogP) is 8.92. The van der Waals surface area contributed by atoms with Crippen LogP contribution in [0.1, 0.15) is 97.8 Å². The average Bonchev–Trinajstić information content (AvgIpc) is 2.70. The molecule has 0 saturated carbocycles. The molecule has 28 heavy (non-hydrogen) atoms. The second kappa shape index (κ2) is 16.3. The van der Waals surface area contributed by atoms with Crippen molar-refractivity contribution in [3.8, 4) is 5.75 Å². The predicted molar refractivity (Wildman–Crippen MR) is 126 cm³/mol. The van der Waals surface area contributed by atoms with Crippen LogP contribution in [0.15, 0.2) is 24.3 Å². The van der Waals surface area contributed by atoms with E-state index >= 15 is 0 Å². The van der Waals surface area contributed by atoms with Gasteiger partial charge in [0.1, 0.15) is 5.75 Å². The van der Waals surface area contributed by atoms with Crippen LogP contribution in [0.3, 0.4) is 0 Å². The molecule has 0 aliphatic rings. The molecule has 4 heteroatoms. The highest BCUT2D eigenvalue weighted by Crippen LogP contribution is 2.26. The van der Waals surface area contributed by atoms with Crippen molar-refractivity contribution >= 4 is 20.2 Å². The first kappa shape index (κ1) is 25.5. The van der Waals surface area contributed by atoms with E-state index in [1.165, 1.54) is 70.6 Å². The van der Waals surface area contributed by atoms with Gasteiger partial charge in [0.2, 0.25) is 0 Å². The summed E-state index contributed by atoms with van der Waals surface area (Å²) in [6, 6.07) is 9.62. The Hall–Kier alpha value is -0.513. The maximum absolute atomic E-state index is 6.34. The summed E-state index contributed by atoms with van der Waals surface area (Å²) in [5, 5.41) is 0.716. The van der Waals surface area contributed by atoms with Crippen LogP contribution >= 0.6 is 11.6 Å². The molecule has 0 N–H and O–H groups in total. The Morgan fingerprint density at radius 2 is 1.29 bits per heavy atom. The van der Waals surface area contributed by atoms with Gasteiger partial charge < -0.3 is 8.85 Å². The van der Waals surface area contributed by atoms with Crippen molar-refractivity contribution in [1.82, 2.24) is 0 Å². The summed E-state index contributed by atoms with van der Waals surface area (Å²) in [6.45, 7) is 7.47. The van der Waals surface area contributed by atoms with Crippen LogP contribution < -0.4 is 4.43 Å². The van der Waals surface area contributed by atoms with Crippen molar-refractivity contribution in [3.05, 3.63) is 29.3 Å². The van der Waals surface area contributed by atoms with Crippen molar-refractivity contribution < 1.29 is 8.85 Å². The van der Waals surface area contributed by atoms with Crippen molar-refractivity contribution in [2.75, 3.05) is 6.61 Å². The molecule has 0 bridgehead atoms. The van der Waals surface area contributed by atoms with Gasteiger partial charge in [-0.05, 0) is 36.7 Å². The molecule has 0 aliphatic heterocycles. The molecule has 0 amide bonds. The smallest absolute Gasteiger partial charge is 0.398 e. The lowest BCUT2D eigenvalue weighted by molar-refractivity contribution is 0.230. The van der Waals surface area contributed by atoms with E-state index in [0.29, 0.717) is 5.02 Å². The number of hydrogen-bond acceptors (Lipinski definition) is 2. The molecular weight excluding hydrogens is 384 g/mol. The number of halogens is 1. The fraction of sp³-hybridized carbons (Fsp3) is 0.750. The van der Waals surface area contributed by atoms with Gasteiger partial charge in [0, 0.05) is 11.6 Å². The lowest BCUT2D eigenvalue weighted by Gasteiger charge is -2.29. The van der Waals surface area contributed by atoms with Crippen molar-refractivity contribution in [2.24, 2.45) is 0 Å². The van der Waals surface area contributed by atoms with Crippen LogP contribution in [0.2, 0.25) is 17.1 Å². The van der Waals surface area contributed by atoms with Gasteiger partial charge in [-0.15, -0.1) is 0 Å². The van der Waals surface area contributed by atoms with Gasteiger partial charge in [-0.3, -0.25) is 0 Å². The Balaban J connectivity index is 2.10. The maximum Gasteiger partial charge on any atom is 0.398 e. The molecule has 1 rings (SSSR count). The van der Waals surface area contributed by atoms with Gasteiger partial charge in [0.25, 0.3) is 0 Å². The number of rotatable bonds is 18. The van der Waals surface area contributed by atoms with Crippen LogP contribution in [-0.4, -0.2) is 15.2 Å². The van der Waals surface area contributed by atoms with E-state index in [1.54, 1.807) is 0 Å². The van der Waals surface area contributed by atoms with Crippen LogP contribution in [0.5, 0.6) is 5.75 Å². The Labute approximate surface area is 180 Å². The van der Waals surface area contributed by atoms with Gasteiger partial charge >= 0.3 is 8.56 Å². The van der Waals surface area contributed by atoms with E-state index in [9.17, 15) is 0 Å². The molecule has 0 fully saturated rings. The molecule has 1 aromatic rings. The summed E-state index contributed by atoms with van der Waals surface area (Å²) in [5.74, 6) is 0.845. The van der Waals surface area contributed by atoms with Gasteiger partial charge in [-0.2, -0.15) is 0 Å². The monoisotopic (exact) mass is 426 g/mol. The zero-order chi connectivity index (χ0) is 20.5. The van der Waals surface area contributed by atoms with E-state index < -0.39 is 8.56 Å². The third-order valence-electron chi connectivity index (χ3n) is 5.54. The SMILES string of the molecule is CCCCCCCCCCCCCCO[Si](CC)(CC)Oc1cccc(Cl)c1. The summed E-state index contributed by atoms with van der Waals surface area (Å²) in [4.78, 5) is 0. The maximum atomic E-state index is 6.34. The summed E-state index contributed by atoms with van der Waals surface area (Å²) in [6.07, 6.45) is 16.4. The minimum Gasteiger partial charge on any atom is -0.520 e. The molecule has 1 aromatic carbocycles. The molecular formula is C24H43ClO2Si. The fourth-order valence-electron chi connectivity index (χ4n) is 3.57. The van der Waals surface area contributed by atoms with Crippen LogP contribution in [0.4, 0.5) is 0 Å². The first-order chi connectivity index (χ1) is 13.7. The highest BCUT2D eigenvalue weighted by Gasteiger charge is 2.35. The summed E-state index contributed by atoms with van der Waals surface area (Å²) >= 11 is 6.09. The summed E-state index contributed by atoms with van der Waals surface area (Å²) in [5.41, 5.74) is 0. The van der Waals surface area contributed by atoms with E-state index in [4.69, 9.17) is 20.5 Å². The fourth-order valence-corrected chi connectivity index (χ4v) is 6.08. The van der Waals surface area contributed by atoms with Crippen molar-refractivity contribution in [3.63, 3.8) is 0 Å². The lowest BCUT2D eigenvalue weighted by atomic mass is 10.1. The standard InChI is InChI=1S/C24H43ClO2Si/c1-4-7-8-9-10-11-12-13-14-15-16-17-21-26-28(5-2,6-3)27-24-20-18-19-23(25)22-24/h18-20,22H,4-17,21H2,1-3H3. The molecule has 0 saturated heterocycles. The van der Waals surface area contributed by atoms with Gasteiger partial charge in [0.15, 0.2) is 0 Å². The van der Waals surface area contributed by atoms with Crippen LogP contribution in [0, 0.1) is 0 Å². The Bertz CT molecular complexity index is 491. The van der Waals surface area contributed by atoms with Gasteiger partial charge in [-0.25, -0.2) is 0 Å². The van der Waals surface area contributed by atoms with Gasteiger partial charge in [-0.1, -0.05) is 109 Å². The minimum absolute atomic E-state index is 0.716. The molecule has 162 valence electrons. The highest BCUT2D eigenvalue weighted by molar-refractivity contribution is 6.68. The Kier molecular flexibility index (Phi) is 14.9. The zero-order valence-electron chi connectivity index (χ0n) is 18.6. The van der Waals surface area contributed by atoms with Crippen LogP contribution in [-0.2, 0) is 4.43 Å². The third kappa shape index (κ3) is 11.5. The largest absolute Gasteiger partial charge is 0.520 e. The van der Waals surface area contributed by atoms with Gasteiger partial charge in [0.05, 0.1) is 0 Å². The topological polar surface area (TPSA) is 18.5 Å². The van der Waals surface area contributed by atoms with E-state index in [0.717, 1.165) is 30.9 Å². The highest BCUT2D eigenvalue weighted by atomic mass is 35.5. The quantitative estimate of drug-likeness (QED) is 0.172. The average molecular weight is 427 g/mol. The zero-order valence-corrected chi connectivity index (χ0v) is 20.4. The minimum atomic E-state index is -2.17. The Morgan fingerprint density at radius 1 is 0.750 bits per heavy atom. The third-order valence-corrected chi connectivity index (χ3v) is 9.27. The molecule has 0 heterocycles. The number of unbranched alkanes of at least 4 members (excludes halogenated alkanes) is 11. The summed E-state index contributed by atoms with van der Waals surface area (Å²) < 4.78 is 12.7. The number of benzene rings is 1. The first-order valence-electron chi connectivity index (χ1n) is 11.7. The van der Waals surface area contributed by atoms with E-state index in [2.05, 4.69) is 20.8 Å². The molecule has 0 unspecified atom stereocenters. The normalized spacial score (nSPS) is 11.7. The second-order valence-electron chi connectivity index (χ2n) is 7.91. The number of hydrogen-bond donors (Lipinski definition) is 0. The van der Waals surface area contributed by atoms with E-state index in [1.807, 2.05) is 24.3 Å². The molecule has 0 aromatic heterocycles. The van der Waals surface area contributed by atoms with Crippen molar-refractivity contribution in [2.45, 2.75) is 110 Å². The molecule has 2 nitrogen and oxygen atoms in total. The van der Waals surface area contributed by atoms with Crippen LogP contribution in [0.25, 0.3) is 0 Å². The first-order valence-corrected chi connectivity index (χ1v) is 14.3. The molecule has 0 atom stereocenters. The van der Waals surface area contributed by atoms with E-state index in [-0.39, 0.29) is 0 Å². The molecule has 0 spiro atoms. The lowest BCUT2D eigenvalue weighted by Crippen LogP contribution is -2.44. The second-order valence-corrected chi connectivity index (χ2v) is 12.1. The summed E-state index contributed by atoms with van der Waals surface area (Å²) in [7, 11) is -2.17. The molecule has 0 aliphatic carbocycles. The molecule has 0 radical (unpaired) electrons. The Morgan fingerprint density at radius 3 is 1.79 bits per heavy atom.